The van der Waals surface area contributed by atoms with E-state index in [-0.39, 0.29) is 0 Å². The Morgan fingerprint density at radius 2 is 1.44 bits per heavy atom. The molecule has 0 aliphatic heterocycles. The summed E-state index contributed by atoms with van der Waals surface area (Å²) in [6, 6.07) is 21.7. The fourth-order valence-corrected chi connectivity index (χ4v) is 5.52. The van der Waals surface area contributed by atoms with Crippen LogP contribution in [0.1, 0.15) is 18.9 Å². The van der Waals surface area contributed by atoms with E-state index in [4.69, 9.17) is 0 Å². The third-order valence-electron chi connectivity index (χ3n) is 3.27. The van der Waals surface area contributed by atoms with E-state index in [1.165, 1.54) is 23.5 Å². The van der Waals surface area contributed by atoms with E-state index < -0.39 is 6.89 Å². The molecule has 0 unspecified atom stereocenters. The molecule has 94 valence electrons. The fraction of sp³-hybridized carbons (Fsp3) is 0.235. The zero-order valence-corrected chi connectivity index (χ0v) is 12.1. The fourth-order valence-electron chi connectivity index (χ4n) is 2.37. The predicted octanol–water partition coefficient (Wildman–Crippen LogP) is 4.22. The Hall–Kier alpha value is -1.26. The molecule has 0 N–H and O–H groups in total. The minimum Gasteiger partial charge on any atom is -0.0797 e. The Balaban J connectivity index is 2.48. The minimum atomic E-state index is -1.17. The lowest BCUT2D eigenvalue weighted by Gasteiger charge is -2.21. The summed E-state index contributed by atoms with van der Waals surface area (Å²) in [6.07, 6.45) is 2.52. The van der Waals surface area contributed by atoms with Crippen LogP contribution < -0.4 is 5.30 Å². The molecule has 1 heteroatoms. The maximum Gasteiger partial charge on any atom is -0.0247 e. The summed E-state index contributed by atoms with van der Waals surface area (Å²) >= 11 is 0. The van der Waals surface area contributed by atoms with Crippen LogP contribution in [-0.2, 0) is 0 Å². The van der Waals surface area contributed by atoms with Crippen LogP contribution in [-0.4, -0.2) is 18.6 Å². The zero-order valence-electron chi connectivity index (χ0n) is 11.2. The van der Waals surface area contributed by atoms with Crippen molar-refractivity contribution in [3.63, 3.8) is 0 Å². The number of hydrogen-bond acceptors (Lipinski definition) is 0. The molecule has 0 saturated carbocycles. The van der Waals surface area contributed by atoms with Gasteiger partial charge in [0.05, 0.1) is 0 Å². The monoisotopic (exact) mass is 256 g/mol. The molecular formula is C17H21P. The molecule has 0 fully saturated rings. The molecule has 2 rings (SSSR count). The molecule has 0 radical (unpaired) electrons. The van der Waals surface area contributed by atoms with Gasteiger partial charge in [0.1, 0.15) is 0 Å². The molecule has 0 aliphatic rings. The summed E-state index contributed by atoms with van der Waals surface area (Å²) in [5, 5.41) is 1.51. The maximum atomic E-state index is 2.51. The predicted molar refractivity (Wildman–Crippen MR) is 85.7 cm³/mol. The lowest BCUT2D eigenvalue weighted by atomic mass is 10.2. The van der Waals surface area contributed by atoms with Crippen molar-refractivity contribution in [1.29, 1.82) is 0 Å². The summed E-state index contributed by atoms with van der Waals surface area (Å²) in [5.74, 6) is 2.51. The summed E-state index contributed by atoms with van der Waals surface area (Å²) in [7, 11) is 0. The second-order valence-corrected chi connectivity index (χ2v) is 8.62. The molecule has 1 atom stereocenters. The molecule has 0 heterocycles. The number of benzene rings is 2. The van der Waals surface area contributed by atoms with Crippen LogP contribution in [0.4, 0.5) is 0 Å². The van der Waals surface area contributed by atoms with Crippen molar-refractivity contribution in [3.05, 3.63) is 66.2 Å². The summed E-state index contributed by atoms with van der Waals surface area (Å²) < 4.78 is 0. The van der Waals surface area contributed by atoms with Crippen molar-refractivity contribution in [3.8, 4) is 0 Å². The highest BCUT2D eigenvalue weighted by Gasteiger charge is 2.12. The van der Waals surface area contributed by atoms with E-state index in [2.05, 4.69) is 80.0 Å². The third-order valence-corrected chi connectivity index (χ3v) is 6.99. The van der Waals surface area contributed by atoms with Gasteiger partial charge in [-0.3, -0.25) is 0 Å². The van der Waals surface area contributed by atoms with Crippen LogP contribution in [0.5, 0.6) is 0 Å². The van der Waals surface area contributed by atoms with E-state index >= 15 is 0 Å². The van der Waals surface area contributed by atoms with Crippen molar-refractivity contribution in [1.82, 2.24) is 0 Å². The average molecular weight is 256 g/mol. The molecule has 18 heavy (non-hydrogen) atoms. The van der Waals surface area contributed by atoms with E-state index in [9.17, 15) is 0 Å². The van der Waals surface area contributed by atoms with Gasteiger partial charge < -0.3 is 0 Å². The minimum absolute atomic E-state index is 1.17. The average Bonchev–Trinajstić information content (AvgIpc) is 2.41. The SMILES string of the molecule is CCC[P@@](C)(=Cc1ccccc1)c1ccccc1. The van der Waals surface area contributed by atoms with Gasteiger partial charge in [-0.15, -0.1) is 0 Å². The van der Waals surface area contributed by atoms with Crippen LogP contribution in [0.2, 0.25) is 0 Å². The molecule has 0 spiro atoms. The van der Waals surface area contributed by atoms with Gasteiger partial charge >= 0.3 is 0 Å². The highest BCUT2D eigenvalue weighted by atomic mass is 31.2. The van der Waals surface area contributed by atoms with Crippen LogP contribution in [0, 0.1) is 0 Å². The zero-order chi connectivity index (χ0) is 12.8. The van der Waals surface area contributed by atoms with E-state index in [1.54, 1.807) is 0 Å². The lowest BCUT2D eigenvalue weighted by Crippen LogP contribution is -2.09. The van der Waals surface area contributed by atoms with Crippen LogP contribution >= 0.6 is 6.89 Å². The van der Waals surface area contributed by atoms with Crippen molar-refractivity contribution < 1.29 is 0 Å². The van der Waals surface area contributed by atoms with Gasteiger partial charge in [0.2, 0.25) is 0 Å². The van der Waals surface area contributed by atoms with E-state index in [0.29, 0.717) is 0 Å². The first-order chi connectivity index (χ1) is 8.74. The standard InChI is InChI=1S/C17H21P/c1-3-14-18(2,17-12-8-5-9-13-17)15-16-10-6-4-7-11-16/h4-13,15H,3,14H2,1-2H3/t18-/m0/s1. The van der Waals surface area contributed by atoms with E-state index in [1.807, 2.05) is 0 Å². The molecular weight excluding hydrogens is 235 g/mol. The summed E-state index contributed by atoms with van der Waals surface area (Å²) in [5.41, 5.74) is 1.35. The molecule has 2 aromatic rings. The quantitative estimate of drug-likeness (QED) is 0.718. The Kier molecular flexibility index (Phi) is 4.44. The molecule has 2 aromatic carbocycles. The topological polar surface area (TPSA) is 0 Å². The van der Waals surface area contributed by atoms with Gasteiger partial charge in [-0.1, -0.05) is 86.7 Å². The Bertz CT molecular complexity index is 526. The number of hydrogen-bond donors (Lipinski definition) is 0. The van der Waals surface area contributed by atoms with Gasteiger partial charge in [-0.25, -0.2) is 0 Å². The highest BCUT2D eigenvalue weighted by molar-refractivity contribution is 7.81. The summed E-state index contributed by atoms with van der Waals surface area (Å²) in [4.78, 5) is 0. The Labute approximate surface area is 111 Å². The first-order valence-electron chi connectivity index (χ1n) is 6.56. The molecule has 0 aromatic heterocycles. The Morgan fingerprint density at radius 3 is 2.00 bits per heavy atom. The second-order valence-electron chi connectivity index (χ2n) is 4.87. The van der Waals surface area contributed by atoms with E-state index in [0.717, 1.165) is 0 Å². The summed E-state index contributed by atoms with van der Waals surface area (Å²) in [6.45, 7) is 3.55. The van der Waals surface area contributed by atoms with Crippen LogP contribution in [0.25, 0.3) is 0 Å². The van der Waals surface area contributed by atoms with Crippen molar-refractivity contribution >= 4 is 18.0 Å². The largest absolute Gasteiger partial charge is 0.0797 e. The molecule has 0 nitrogen and oxygen atoms in total. The third kappa shape index (κ3) is 3.15. The molecule has 0 saturated heterocycles. The van der Waals surface area contributed by atoms with Gasteiger partial charge in [-0.05, 0) is 23.7 Å². The molecule has 0 bridgehead atoms. The van der Waals surface area contributed by atoms with Crippen molar-refractivity contribution in [2.45, 2.75) is 13.3 Å². The van der Waals surface area contributed by atoms with Gasteiger partial charge in [0.25, 0.3) is 0 Å². The van der Waals surface area contributed by atoms with Gasteiger partial charge in [0.15, 0.2) is 0 Å². The highest BCUT2D eigenvalue weighted by Crippen LogP contribution is 2.42. The molecule has 0 aliphatic carbocycles. The van der Waals surface area contributed by atoms with Crippen molar-refractivity contribution in [2.75, 3.05) is 12.8 Å². The van der Waals surface area contributed by atoms with Gasteiger partial charge in [-0.2, -0.15) is 0 Å². The van der Waals surface area contributed by atoms with Crippen molar-refractivity contribution in [2.24, 2.45) is 0 Å². The first-order valence-corrected chi connectivity index (χ1v) is 9.05. The Morgan fingerprint density at radius 1 is 0.889 bits per heavy atom. The van der Waals surface area contributed by atoms with Crippen LogP contribution in [0.3, 0.4) is 0 Å². The second kappa shape index (κ2) is 6.07. The normalized spacial score (nSPS) is 13.9. The smallest absolute Gasteiger partial charge is 0.0247 e. The first kappa shape index (κ1) is 13.2. The van der Waals surface area contributed by atoms with Gasteiger partial charge in [0, 0.05) is 0 Å². The lowest BCUT2D eigenvalue weighted by molar-refractivity contribution is 1.10. The van der Waals surface area contributed by atoms with Crippen LogP contribution in [0.15, 0.2) is 60.7 Å². The number of rotatable bonds is 4. The maximum absolute atomic E-state index is 2.51. The molecule has 0 amide bonds.